The molecular weight excluding hydrogens is 232 g/mol. The van der Waals surface area contributed by atoms with Crippen LogP contribution in [0, 0.1) is 5.92 Å². The quantitative estimate of drug-likeness (QED) is 0.870. The molecule has 5 nitrogen and oxygen atoms in total. The highest BCUT2D eigenvalue weighted by atomic mass is 16.4. The largest absolute Gasteiger partial charge is 0.474 e. The third kappa shape index (κ3) is 3.09. The first-order valence-electron chi connectivity index (χ1n) is 6.77. The normalized spacial score (nSPS) is 24.1. The molecule has 100 valence electrons. The fraction of sp³-hybridized carbons (Fsp3) is 0.769. The van der Waals surface area contributed by atoms with Gasteiger partial charge in [0.15, 0.2) is 0 Å². The summed E-state index contributed by atoms with van der Waals surface area (Å²) in [4.78, 5) is 10.7. The van der Waals surface area contributed by atoms with Gasteiger partial charge in [-0.3, -0.25) is 0 Å². The van der Waals surface area contributed by atoms with Crippen molar-refractivity contribution in [1.82, 2.24) is 10.2 Å². The molecule has 2 rings (SSSR count). The topological polar surface area (TPSA) is 76.2 Å². The van der Waals surface area contributed by atoms with Gasteiger partial charge in [-0.15, -0.1) is 10.2 Å². The molecule has 1 aliphatic carbocycles. The monoisotopic (exact) mass is 252 g/mol. The lowest BCUT2D eigenvalue weighted by Crippen LogP contribution is -2.13. The van der Waals surface area contributed by atoms with E-state index in [9.17, 15) is 4.79 Å². The van der Waals surface area contributed by atoms with Gasteiger partial charge in [0.05, 0.1) is 0 Å². The van der Waals surface area contributed by atoms with E-state index in [-0.39, 0.29) is 11.8 Å². The molecule has 0 unspecified atom stereocenters. The first-order valence-corrected chi connectivity index (χ1v) is 6.77. The minimum absolute atomic E-state index is 0.253. The molecule has 1 saturated carbocycles. The highest BCUT2D eigenvalue weighted by Gasteiger charge is 2.26. The van der Waals surface area contributed by atoms with Gasteiger partial charge in [0.25, 0.3) is 0 Å². The van der Waals surface area contributed by atoms with Crippen LogP contribution in [-0.2, 0) is 0 Å². The van der Waals surface area contributed by atoms with Crippen LogP contribution in [0.25, 0.3) is 0 Å². The molecule has 5 heteroatoms. The minimum Gasteiger partial charge on any atom is -0.474 e. The van der Waals surface area contributed by atoms with Gasteiger partial charge >= 0.3 is 11.9 Å². The zero-order chi connectivity index (χ0) is 13.0. The number of aromatic carboxylic acids is 1. The molecule has 0 aromatic carbocycles. The Balaban J connectivity index is 1.86. The summed E-state index contributed by atoms with van der Waals surface area (Å²) in [6, 6.07) is 0. The number of unbranched alkanes of at least 4 members (excludes halogenated alkanes) is 1. The molecule has 0 amide bonds. The van der Waals surface area contributed by atoms with E-state index in [1.54, 1.807) is 0 Å². The molecule has 1 aromatic heterocycles. The Bertz CT molecular complexity index is 395. The number of carbonyl (C=O) groups is 1. The summed E-state index contributed by atoms with van der Waals surface area (Å²) < 4.78 is 5.18. The van der Waals surface area contributed by atoms with E-state index in [0.717, 1.165) is 18.8 Å². The molecule has 0 radical (unpaired) electrons. The number of hydrogen-bond donors (Lipinski definition) is 1. The van der Waals surface area contributed by atoms with Gasteiger partial charge in [-0.1, -0.05) is 26.2 Å². The Morgan fingerprint density at radius 3 is 2.61 bits per heavy atom. The first-order chi connectivity index (χ1) is 8.70. The minimum atomic E-state index is -1.15. The summed E-state index contributed by atoms with van der Waals surface area (Å²) in [6.07, 6.45) is 8.33. The maximum Gasteiger partial charge on any atom is 0.393 e. The van der Waals surface area contributed by atoms with E-state index >= 15 is 0 Å². The molecular formula is C13H20N2O3. The maximum absolute atomic E-state index is 10.7. The number of nitrogens with zero attached hydrogens (tertiary/aromatic N) is 2. The lowest BCUT2D eigenvalue weighted by atomic mass is 9.80. The number of rotatable bonds is 5. The number of aromatic nitrogens is 2. The van der Waals surface area contributed by atoms with Crippen LogP contribution in [0.2, 0.25) is 0 Å². The zero-order valence-electron chi connectivity index (χ0n) is 10.8. The molecule has 0 bridgehead atoms. The standard InChI is InChI=1S/C13H20N2O3/c1-2-3-4-9-5-7-10(8-6-9)11-14-15-12(18-11)13(16)17/h9-10H,2-8H2,1H3,(H,16,17). The van der Waals surface area contributed by atoms with Crippen molar-refractivity contribution in [3.8, 4) is 0 Å². The Kier molecular flexibility index (Phi) is 4.33. The van der Waals surface area contributed by atoms with Crippen molar-refractivity contribution in [2.24, 2.45) is 5.92 Å². The molecule has 1 heterocycles. The van der Waals surface area contributed by atoms with Gasteiger partial charge in [-0.2, -0.15) is 0 Å². The Labute approximate surface area is 107 Å². The summed E-state index contributed by atoms with van der Waals surface area (Å²) in [5, 5.41) is 16.1. The van der Waals surface area contributed by atoms with Crippen molar-refractivity contribution in [3.05, 3.63) is 11.8 Å². The summed E-state index contributed by atoms with van der Waals surface area (Å²) in [5.74, 6) is 0.136. The van der Waals surface area contributed by atoms with E-state index in [1.807, 2.05) is 0 Å². The number of carboxylic acid groups (broad SMARTS) is 1. The fourth-order valence-corrected chi connectivity index (χ4v) is 2.68. The molecule has 1 N–H and O–H groups in total. The van der Waals surface area contributed by atoms with Gasteiger partial charge in [0, 0.05) is 5.92 Å². The summed E-state index contributed by atoms with van der Waals surface area (Å²) in [7, 11) is 0. The number of hydrogen-bond acceptors (Lipinski definition) is 4. The lowest BCUT2D eigenvalue weighted by Gasteiger charge is -2.26. The predicted molar refractivity (Wildman–Crippen MR) is 65.5 cm³/mol. The molecule has 1 aliphatic rings. The third-order valence-corrected chi connectivity index (χ3v) is 3.79. The maximum atomic E-state index is 10.7. The second-order valence-electron chi connectivity index (χ2n) is 5.11. The van der Waals surface area contributed by atoms with Gasteiger partial charge in [-0.05, 0) is 31.6 Å². The predicted octanol–water partition coefficient (Wildman–Crippen LogP) is 3.23. The fourth-order valence-electron chi connectivity index (χ4n) is 2.68. The summed E-state index contributed by atoms with van der Waals surface area (Å²) >= 11 is 0. The van der Waals surface area contributed by atoms with Gasteiger partial charge in [0.2, 0.25) is 5.89 Å². The Hall–Kier alpha value is -1.39. The van der Waals surface area contributed by atoms with Crippen molar-refractivity contribution >= 4 is 5.97 Å². The van der Waals surface area contributed by atoms with Crippen molar-refractivity contribution < 1.29 is 14.3 Å². The lowest BCUT2D eigenvalue weighted by molar-refractivity contribution is 0.0650. The molecule has 1 fully saturated rings. The second kappa shape index (κ2) is 5.98. The van der Waals surface area contributed by atoms with Gasteiger partial charge in [-0.25, -0.2) is 4.79 Å². The van der Waals surface area contributed by atoms with E-state index in [1.165, 1.54) is 32.1 Å². The smallest absolute Gasteiger partial charge is 0.393 e. The number of carboxylic acids is 1. The summed E-state index contributed by atoms with van der Waals surface area (Å²) in [5.41, 5.74) is 0. The molecule has 0 atom stereocenters. The van der Waals surface area contributed by atoms with E-state index in [2.05, 4.69) is 17.1 Å². The third-order valence-electron chi connectivity index (χ3n) is 3.79. The van der Waals surface area contributed by atoms with Crippen LogP contribution < -0.4 is 0 Å². The van der Waals surface area contributed by atoms with Crippen LogP contribution in [0.1, 0.15) is 74.4 Å². The van der Waals surface area contributed by atoms with Crippen molar-refractivity contribution in [2.75, 3.05) is 0 Å². The van der Waals surface area contributed by atoms with Crippen LogP contribution in [0.15, 0.2) is 4.42 Å². The SMILES string of the molecule is CCCCC1CCC(c2nnc(C(=O)O)o2)CC1. The van der Waals surface area contributed by atoms with Gasteiger partial charge < -0.3 is 9.52 Å². The molecule has 0 aliphatic heterocycles. The van der Waals surface area contributed by atoms with E-state index < -0.39 is 5.97 Å². The average molecular weight is 252 g/mol. The second-order valence-corrected chi connectivity index (χ2v) is 5.11. The first kappa shape index (κ1) is 13.1. The average Bonchev–Trinajstić information content (AvgIpc) is 2.87. The van der Waals surface area contributed by atoms with Crippen LogP contribution in [0.4, 0.5) is 0 Å². The van der Waals surface area contributed by atoms with Crippen LogP contribution in [-0.4, -0.2) is 21.3 Å². The molecule has 1 aromatic rings. The van der Waals surface area contributed by atoms with Gasteiger partial charge in [0.1, 0.15) is 0 Å². The highest BCUT2D eigenvalue weighted by molar-refractivity contribution is 5.81. The highest BCUT2D eigenvalue weighted by Crippen LogP contribution is 2.37. The Morgan fingerprint density at radius 2 is 2.06 bits per heavy atom. The molecule has 18 heavy (non-hydrogen) atoms. The molecule has 0 spiro atoms. The van der Waals surface area contributed by atoms with Crippen molar-refractivity contribution in [2.45, 2.75) is 57.8 Å². The van der Waals surface area contributed by atoms with Crippen LogP contribution in [0.3, 0.4) is 0 Å². The zero-order valence-corrected chi connectivity index (χ0v) is 10.8. The van der Waals surface area contributed by atoms with Crippen molar-refractivity contribution in [1.29, 1.82) is 0 Å². The van der Waals surface area contributed by atoms with E-state index in [0.29, 0.717) is 5.89 Å². The van der Waals surface area contributed by atoms with Crippen molar-refractivity contribution in [3.63, 3.8) is 0 Å². The van der Waals surface area contributed by atoms with Crippen LogP contribution in [0.5, 0.6) is 0 Å². The Morgan fingerprint density at radius 1 is 1.33 bits per heavy atom. The summed E-state index contributed by atoms with van der Waals surface area (Å²) in [6.45, 7) is 2.22. The molecule has 0 saturated heterocycles. The van der Waals surface area contributed by atoms with E-state index in [4.69, 9.17) is 9.52 Å². The van der Waals surface area contributed by atoms with Crippen LogP contribution >= 0.6 is 0 Å².